The first-order valence-electron chi connectivity index (χ1n) is 5.34. The molecule has 0 saturated heterocycles. The molecule has 1 aromatic rings. The molecule has 4 nitrogen and oxygen atoms in total. The second-order valence-electron chi connectivity index (χ2n) is 3.77. The van der Waals surface area contributed by atoms with Gasteiger partial charge in [-0.2, -0.15) is 0 Å². The molecule has 0 aliphatic carbocycles. The van der Waals surface area contributed by atoms with E-state index in [4.69, 9.17) is 5.11 Å². The number of amides is 1. The molecule has 0 fully saturated rings. The largest absolute Gasteiger partial charge is 0.481 e. The van der Waals surface area contributed by atoms with E-state index in [-0.39, 0.29) is 18.4 Å². The van der Waals surface area contributed by atoms with E-state index in [1.54, 1.807) is 17.9 Å². The number of hydrogen-bond donors (Lipinski definition) is 1. The minimum absolute atomic E-state index is 0.0483. The van der Waals surface area contributed by atoms with E-state index < -0.39 is 5.97 Å². The fourth-order valence-corrected chi connectivity index (χ4v) is 3.60. The predicted molar refractivity (Wildman–Crippen MR) is 78.1 cm³/mol. The number of aliphatic carboxylic acids is 1. The van der Waals surface area contributed by atoms with Crippen LogP contribution in [0.15, 0.2) is 14.3 Å². The van der Waals surface area contributed by atoms with Crippen LogP contribution < -0.4 is 0 Å². The highest BCUT2D eigenvalue weighted by Gasteiger charge is 2.23. The summed E-state index contributed by atoms with van der Waals surface area (Å²) in [5.74, 6) is -1.04. The molecular weight excluding hydrogens is 386 g/mol. The highest BCUT2D eigenvalue weighted by molar-refractivity contribution is 9.13. The lowest BCUT2D eigenvalue weighted by atomic mass is 10.2. The fraction of sp³-hybridized carbons (Fsp3) is 0.455. The normalized spacial score (nSPS) is 12.2. The first kappa shape index (κ1) is 15.7. The molecular formula is C11H13Br2NO3S. The second-order valence-corrected chi connectivity index (χ2v) is 6.99. The fourth-order valence-electron chi connectivity index (χ4n) is 1.61. The first-order valence-corrected chi connectivity index (χ1v) is 7.74. The van der Waals surface area contributed by atoms with E-state index in [0.29, 0.717) is 11.4 Å². The molecule has 1 rings (SSSR count). The van der Waals surface area contributed by atoms with Crippen LogP contribution in [-0.4, -0.2) is 34.5 Å². The lowest BCUT2D eigenvalue weighted by Crippen LogP contribution is -2.39. The van der Waals surface area contributed by atoms with Gasteiger partial charge in [0.25, 0.3) is 5.91 Å². The van der Waals surface area contributed by atoms with E-state index >= 15 is 0 Å². The molecule has 0 aliphatic rings. The van der Waals surface area contributed by atoms with Crippen molar-refractivity contribution in [3.63, 3.8) is 0 Å². The van der Waals surface area contributed by atoms with E-state index in [1.165, 1.54) is 11.3 Å². The third kappa shape index (κ3) is 3.80. The van der Waals surface area contributed by atoms with Gasteiger partial charge in [0.05, 0.1) is 15.1 Å². The molecule has 1 atom stereocenters. The summed E-state index contributed by atoms with van der Waals surface area (Å²) in [5, 5.41) is 8.78. The Balaban J connectivity index is 2.88. The van der Waals surface area contributed by atoms with Crippen LogP contribution in [0.4, 0.5) is 0 Å². The Bertz CT molecular complexity index is 442. The molecule has 7 heteroatoms. The standard InChI is InChI=1S/C11H13Br2NO3S/c1-3-14(6(2)4-9(15)16)11(17)8-5-7(12)10(13)18-8/h5-6H,3-4H2,1-2H3,(H,15,16). The molecule has 1 amide bonds. The molecule has 18 heavy (non-hydrogen) atoms. The maximum Gasteiger partial charge on any atom is 0.305 e. The summed E-state index contributed by atoms with van der Waals surface area (Å²) in [4.78, 5) is 25.1. The zero-order chi connectivity index (χ0) is 13.9. The van der Waals surface area contributed by atoms with Gasteiger partial charge < -0.3 is 10.0 Å². The van der Waals surface area contributed by atoms with E-state index in [1.807, 2.05) is 6.92 Å². The van der Waals surface area contributed by atoms with Crippen LogP contribution in [0.5, 0.6) is 0 Å². The van der Waals surface area contributed by atoms with Crippen LogP contribution in [0.25, 0.3) is 0 Å². The summed E-state index contributed by atoms with van der Waals surface area (Å²) in [5.41, 5.74) is 0. The predicted octanol–water partition coefficient (Wildman–Crippen LogP) is 3.60. The van der Waals surface area contributed by atoms with Crippen molar-refractivity contribution < 1.29 is 14.7 Å². The van der Waals surface area contributed by atoms with Gasteiger partial charge >= 0.3 is 5.97 Å². The van der Waals surface area contributed by atoms with E-state index in [0.717, 1.165) is 8.26 Å². The Kier molecular flexibility index (Phi) is 5.81. The molecule has 0 aromatic carbocycles. The Hall–Kier alpha value is -0.400. The molecule has 0 radical (unpaired) electrons. The maximum atomic E-state index is 12.3. The summed E-state index contributed by atoms with van der Waals surface area (Å²) in [6.07, 6.45) is -0.0483. The maximum absolute atomic E-state index is 12.3. The van der Waals surface area contributed by atoms with E-state index in [2.05, 4.69) is 31.9 Å². The summed E-state index contributed by atoms with van der Waals surface area (Å²) >= 11 is 8.00. The lowest BCUT2D eigenvalue weighted by molar-refractivity contribution is -0.138. The van der Waals surface area contributed by atoms with Gasteiger partial charge in [-0.1, -0.05) is 0 Å². The molecule has 0 saturated carbocycles. The number of halogens is 2. The van der Waals surface area contributed by atoms with Crippen LogP contribution in [0.2, 0.25) is 0 Å². The average molecular weight is 399 g/mol. The van der Waals surface area contributed by atoms with Crippen LogP contribution in [-0.2, 0) is 4.79 Å². The molecule has 0 bridgehead atoms. The molecule has 0 spiro atoms. The number of nitrogens with zero attached hydrogens (tertiary/aromatic N) is 1. The van der Waals surface area contributed by atoms with E-state index in [9.17, 15) is 9.59 Å². The first-order chi connectivity index (χ1) is 8.36. The van der Waals surface area contributed by atoms with Crippen molar-refractivity contribution in [1.82, 2.24) is 4.90 Å². The number of hydrogen-bond acceptors (Lipinski definition) is 3. The van der Waals surface area contributed by atoms with Crippen molar-refractivity contribution in [2.75, 3.05) is 6.54 Å². The molecule has 1 heterocycles. The van der Waals surface area contributed by atoms with Crippen molar-refractivity contribution in [2.45, 2.75) is 26.3 Å². The minimum Gasteiger partial charge on any atom is -0.481 e. The van der Waals surface area contributed by atoms with Crippen LogP contribution in [0.3, 0.4) is 0 Å². The van der Waals surface area contributed by atoms with Crippen LogP contribution in [0.1, 0.15) is 29.9 Å². The van der Waals surface area contributed by atoms with Gasteiger partial charge in [0, 0.05) is 17.1 Å². The van der Waals surface area contributed by atoms with Crippen molar-refractivity contribution in [3.8, 4) is 0 Å². The number of thiophene rings is 1. The van der Waals surface area contributed by atoms with Gasteiger partial charge in [-0.25, -0.2) is 0 Å². The second kappa shape index (κ2) is 6.68. The van der Waals surface area contributed by atoms with Gasteiger partial charge in [-0.15, -0.1) is 11.3 Å². The molecule has 1 aromatic heterocycles. The molecule has 0 aliphatic heterocycles. The quantitative estimate of drug-likeness (QED) is 0.824. The van der Waals surface area contributed by atoms with Gasteiger partial charge in [0.1, 0.15) is 0 Å². The van der Waals surface area contributed by atoms with Crippen molar-refractivity contribution in [2.24, 2.45) is 0 Å². The minimum atomic E-state index is -0.901. The third-order valence-electron chi connectivity index (χ3n) is 2.46. The molecule has 1 N–H and O–H groups in total. The van der Waals surface area contributed by atoms with Crippen LogP contribution in [0, 0.1) is 0 Å². The summed E-state index contributed by atoms with van der Waals surface area (Å²) in [6.45, 7) is 4.07. The average Bonchev–Trinajstić information content (AvgIpc) is 2.59. The van der Waals surface area contributed by atoms with Gasteiger partial charge in [-0.05, 0) is 51.8 Å². The number of rotatable bonds is 5. The van der Waals surface area contributed by atoms with Crippen molar-refractivity contribution in [1.29, 1.82) is 0 Å². The lowest BCUT2D eigenvalue weighted by Gasteiger charge is -2.26. The highest BCUT2D eigenvalue weighted by atomic mass is 79.9. The van der Waals surface area contributed by atoms with Crippen molar-refractivity contribution >= 4 is 55.1 Å². The number of carbonyl (C=O) groups is 2. The Morgan fingerprint density at radius 3 is 2.50 bits per heavy atom. The molecule has 1 unspecified atom stereocenters. The summed E-state index contributed by atoms with van der Waals surface area (Å²) < 4.78 is 1.69. The third-order valence-corrected chi connectivity index (χ3v) is 5.70. The topological polar surface area (TPSA) is 57.6 Å². The molecule has 100 valence electrons. The number of carboxylic acid groups (broad SMARTS) is 1. The van der Waals surface area contributed by atoms with Gasteiger partial charge in [-0.3, -0.25) is 9.59 Å². The monoisotopic (exact) mass is 397 g/mol. The Labute approximate surface area is 126 Å². The SMILES string of the molecule is CCN(C(=O)c1cc(Br)c(Br)s1)C(C)CC(=O)O. The Morgan fingerprint density at radius 1 is 1.50 bits per heavy atom. The number of carboxylic acids is 1. The zero-order valence-electron chi connectivity index (χ0n) is 9.94. The van der Waals surface area contributed by atoms with Gasteiger partial charge in [0.2, 0.25) is 0 Å². The smallest absolute Gasteiger partial charge is 0.305 e. The Morgan fingerprint density at radius 2 is 2.11 bits per heavy atom. The summed E-state index contributed by atoms with van der Waals surface area (Å²) in [6, 6.07) is 1.42. The highest BCUT2D eigenvalue weighted by Crippen LogP contribution is 2.33. The summed E-state index contributed by atoms with van der Waals surface area (Å²) in [7, 11) is 0. The van der Waals surface area contributed by atoms with Crippen molar-refractivity contribution in [3.05, 3.63) is 19.2 Å². The van der Waals surface area contributed by atoms with Crippen LogP contribution >= 0.6 is 43.2 Å². The number of carbonyl (C=O) groups excluding carboxylic acids is 1. The van der Waals surface area contributed by atoms with Gasteiger partial charge in [0.15, 0.2) is 0 Å². The zero-order valence-corrected chi connectivity index (χ0v) is 13.9.